The molecule has 0 aliphatic carbocycles. The lowest BCUT2D eigenvalue weighted by atomic mass is 10.1. The molecule has 30 heavy (non-hydrogen) atoms. The summed E-state index contributed by atoms with van der Waals surface area (Å²) in [7, 11) is 0. The molecule has 0 aromatic heterocycles. The summed E-state index contributed by atoms with van der Waals surface area (Å²) < 4.78 is 6.34. The van der Waals surface area contributed by atoms with E-state index in [1.54, 1.807) is 48.5 Å². The van der Waals surface area contributed by atoms with Gasteiger partial charge < -0.3 is 15.4 Å². The molecule has 2 amide bonds. The lowest BCUT2D eigenvalue weighted by molar-refractivity contribution is 0.101. The third-order valence-corrected chi connectivity index (χ3v) is 5.07. The van der Waals surface area contributed by atoms with Gasteiger partial charge in [0.1, 0.15) is 5.75 Å². The minimum Gasteiger partial charge on any atom is -0.492 e. The van der Waals surface area contributed by atoms with Gasteiger partial charge in [0.2, 0.25) is 0 Å². The molecule has 2 N–H and O–H groups in total. The Kier molecular flexibility index (Phi) is 7.25. The van der Waals surface area contributed by atoms with Crippen LogP contribution in [0.3, 0.4) is 0 Å². The maximum absolute atomic E-state index is 12.5. The Morgan fingerprint density at radius 2 is 1.53 bits per heavy atom. The monoisotopic (exact) mass is 466 g/mol. The van der Waals surface area contributed by atoms with E-state index in [-0.39, 0.29) is 11.8 Å². The van der Waals surface area contributed by atoms with E-state index >= 15 is 0 Å². The van der Waals surface area contributed by atoms with Gasteiger partial charge >= 0.3 is 0 Å². The van der Waals surface area contributed by atoms with Crippen LogP contribution >= 0.6 is 15.9 Å². The summed E-state index contributed by atoms with van der Waals surface area (Å²) >= 11 is 3.44. The molecule has 0 heterocycles. The molecule has 0 aliphatic heterocycles. The molecule has 0 bridgehead atoms. The SMILES string of the molecule is CCCOc1ccc(C(=O)Nc2ccc(NC(=O)c3ccccc3C)cc2)cc1Br. The number of halogens is 1. The van der Waals surface area contributed by atoms with Crippen LogP contribution in [0.25, 0.3) is 0 Å². The molecule has 0 spiro atoms. The van der Waals surface area contributed by atoms with Gasteiger partial charge in [-0.1, -0.05) is 25.1 Å². The maximum Gasteiger partial charge on any atom is 0.255 e. The number of benzene rings is 3. The molecule has 3 rings (SSSR count). The first-order valence-electron chi connectivity index (χ1n) is 9.68. The molecule has 0 saturated carbocycles. The van der Waals surface area contributed by atoms with Gasteiger partial charge in [0.15, 0.2) is 0 Å². The van der Waals surface area contributed by atoms with E-state index < -0.39 is 0 Å². The van der Waals surface area contributed by atoms with Gasteiger partial charge in [0, 0.05) is 22.5 Å². The highest BCUT2D eigenvalue weighted by atomic mass is 79.9. The van der Waals surface area contributed by atoms with Gasteiger partial charge in [-0.2, -0.15) is 0 Å². The maximum atomic E-state index is 12.5. The fourth-order valence-electron chi connectivity index (χ4n) is 2.84. The predicted octanol–water partition coefficient (Wildman–Crippen LogP) is 6.05. The minimum atomic E-state index is -0.227. The van der Waals surface area contributed by atoms with Crippen LogP contribution in [0.2, 0.25) is 0 Å². The molecule has 3 aromatic rings. The summed E-state index contributed by atoms with van der Waals surface area (Å²) in [6, 6.07) is 19.7. The summed E-state index contributed by atoms with van der Waals surface area (Å²) in [5, 5.41) is 5.73. The van der Waals surface area contributed by atoms with Crippen molar-refractivity contribution >= 4 is 39.1 Å². The quantitative estimate of drug-likeness (QED) is 0.445. The Labute approximate surface area is 184 Å². The Hall–Kier alpha value is -3.12. The van der Waals surface area contributed by atoms with Crippen LogP contribution in [0.1, 0.15) is 39.6 Å². The highest BCUT2D eigenvalue weighted by Crippen LogP contribution is 2.26. The number of aryl methyl sites for hydroxylation is 1. The topological polar surface area (TPSA) is 67.4 Å². The van der Waals surface area contributed by atoms with Crippen molar-refractivity contribution in [2.45, 2.75) is 20.3 Å². The number of amides is 2. The number of ether oxygens (including phenoxy) is 1. The first-order valence-corrected chi connectivity index (χ1v) is 10.5. The van der Waals surface area contributed by atoms with Gasteiger partial charge in [0.05, 0.1) is 11.1 Å². The first kappa shape index (κ1) is 21.6. The summed E-state index contributed by atoms with van der Waals surface area (Å²) in [6.07, 6.45) is 0.913. The number of carbonyl (C=O) groups is 2. The fourth-order valence-corrected chi connectivity index (χ4v) is 3.33. The summed E-state index contributed by atoms with van der Waals surface area (Å²) in [5.41, 5.74) is 3.35. The number of hydrogen-bond acceptors (Lipinski definition) is 3. The van der Waals surface area contributed by atoms with Gasteiger partial charge in [0.25, 0.3) is 11.8 Å². The average Bonchev–Trinajstić information content (AvgIpc) is 2.74. The molecular weight excluding hydrogens is 444 g/mol. The average molecular weight is 467 g/mol. The Morgan fingerprint density at radius 1 is 0.900 bits per heavy atom. The van der Waals surface area contributed by atoms with Crippen molar-refractivity contribution in [2.75, 3.05) is 17.2 Å². The lowest BCUT2D eigenvalue weighted by Crippen LogP contribution is -2.14. The second-order valence-corrected chi connectivity index (χ2v) is 7.65. The van der Waals surface area contributed by atoms with Crippen molar-refractivity contribution in [1.29, 1.82) is 0 Å². The highest BCUT2D eigenvalue weighted by Gasteiger charge is 2.11. The number of nitrogens with one attached hydrogen (secondary N) is 2. The van der Waals surface area contributed by atoms with Crippen LogP contribution in [-0.2, 0) is 0 Å². The summed E-state index contributed by atoms with van der Waals surface area (Å²) in [5.74, 6) is 0.316. The van der Waals surface area contributed by atoms with Crippen LogP contribution in [0.5, 0.6) is 5.75 Å². The van der Waals surface area contributed by atoms with Crippen molar-refractivity contribution < 1.29 is 14.3 Å². The van der Waals surface area contributed by atoms with Crippen molar-refractivity contribution in [3.63, 3.8) is 0 Å². The normalized spacial score (nSPS) is 10.4. The minimum absolute atomic E-state index is 0.167. The number of hydrogen-bond donors (Lipinski definition) is 2. The zero-order chi connectivity index (χ0) is 21.5. The van der Waals surface area contributed by atoms with Crippen LogP contribution in [-0.4, -0.2) is 18.4 Å². The van der Waals surface area contributed by atoms with Crippen LogP contribution in [0, 0.1) is 6.92 Å². The van der Waals surface area contributed by atoms with Crippen LogP contribution in [0.4, 0.5) is 11.4 Å². The van der Waals surface area contributed by atoms with Crippen molar-refractivity contribution in [3.05, 3.63) is 87.9 Å². The Balaban J connectivity index is 1.62. The number of rotatable bonds is 7. The summed E-state index contributed by atoms with van der Waals surface area (Å²) in [6.45, 7) is 4.56. The second kappa shape index (κ2) is 10.1. The number of anilines is 2. The Bertz CT molecular complexity index is 1050. The molecule has 5 nitrogen and oxygen atoms in total. The standard InChI is InChI=1S/C24H23BrN2O3/c1-3-14-30-22-13-8-17(15-21(22)25)23(28)26-18-9-11-19(12-10-18)27-24(29)20-7-5-4-6-16(20)2/h4-13,15H,3,14H2,1-2H3,(H,26,28)(H,27,29). The van der Waals surface area contributed by atoms with E-state index in [4.69, 9.17) is 4.74 Å². The third-order valence-electron chi connectivity index (χ3n) is 4.45. The zero-order valence-corrected chi connectivity index (χ0v) is 18.5. The molecule has 0 unspecified atom stereocenters. The van der Waals surface area contributed by atoms with E-state index in [9.17, 15) is 9.59 Å². The number of carbonyl (C=O) groups excluding carboxylic acids is 2. The van der Waals surface area contributed by atoms with E-state index in [1.807, 2.05) is 32.0 Å². The van der Waals surface area contributed by atoms with E-state index in [1.165, 1.54) is 0 Å². The summed E-state index contributed by atoms with van der Waals surface area (Å²) in [4.78, 5) is 24.9. The van der Waals surface area contributed by atoms with E-state index in [2.05, 4.69) is 26.6 Å². The van der Waals surface area contributed by atoms with E-state index in [0.29, 0.717) is 34.9 Å². The van der Waals surface area contributed by atoms with Gasteiger partial charge in [-0.3, -0.25) is 9.59 Å². The molecule has 0 aliphatic rings. The molecular formula is C24H23BrN2O3. The van der Waals surface area contributed by atoms with Crippen LogP contribution in [0.15, 0.2) is 71.2 Å². The smallest absolute Gasteiger partial charge is 0.255 e. The molecule has 3 aromatic carbocycles. The molecule has 0 radical (unpaired) electrons. The predicted molar refractivity (Wildman–Crippen MR) is 123 cm³/mol. The second-order valence-electron chi connectivity index (χ2n) is 6.79. The third kappa shape index (κ3) is 5.48. The Morgan fingerprint density at radius 3 is 2.13 bits per heavy atom. The molecule has 0 atom stereocenters. The van der Waals surface area contributed by atoms with Crippen molar-refractivity contribution in [3.8, 4) is 5.75 Å². The largest absolute Gasteiger partial charge is 0.492 e. The first-order chi connectivity index (χ1) is 14.5. The molecule has 6 heteroatoms. The lowest BCUT2D eigenvalue weighted by Gasteiger charge is -2.11. The van der Waals surface area contributed by atoms with E-state index in [0.717, 1.165) is 16.5 Å². The van der Waals surface area contributed by atoms with Crippen molar-refractivity contribution in [2.24, 2.45) is 0 Å². The van der Waals surface area contributed by atoms with Gasteiger partial charge in [-0.15, -0.1) is 0 Å². The molecule has 0 fully saturated rings. The fraction of sp³-hybridized carbons (Fsp3) is 0.167. The molecule has 0 saturated heterocycles. The van der Waals surface area contributed by atoms with Gasteiger partial charge in [-0.05, 0) is 83.4 Å². The van der Waals surface area contributed by atoms with Crippen molar-refractivity contribution in [1.82, 2.24) is 0 Å². The zero-order valence-electron chi connectivity index (χ0n) is 16.9. The van der Waals surface area contributed by atoms with Gasteiger partial charge in [-0.25, -0.2) is 0 Å². The van der Waals surface area contributed by atoms with Crippen LogP contribution < -0.4 is 15.4 Å². The highest BCUT2D eigenvalue weighted by molar-refractivity contribution is 9.10. The molecule has 154 valence electrons.